The predicted molar refractivity (Wildman–Crippen MR) is 134 cm³/mol. The molecule has 1 aromatic carbocycles. The largest absolute Gasteiger partial charge is 0.255 e. The molecule has 0 amide bonds. The van der Waals surface area contributed by atoms with E-state index in [0.717, 1.165) is 39.2 Å². The zero-order valence-electron chi connectivity index (χ0n) is 17.0. The van der Waals surface area contributed by atoms with Crippen LogP contribution in [0.3, 0.4) is 0 Å². The van der Waals surface area contributed by atoms with E-state index in [2.05, 4.69) is 90.5 Å². The van der Waals surface area contributed by atoms with Gasteiger partial charge < -0.3 is 0 Å². The summed E-state index contributed by atoms with van der Waals surface area (Å²) in [6, 6.07) is 23.1. The minimum absolute atomic E-state index is 0.945. The third kappa shape index (κ3) is 4.26. The topological polar surface area (TPSA) is 25.8 Å². The van der Waals surface area contributed by atoms with E-state index < -0.39 is 0 Å². The van der Waals surface area contributed by atoms with Crippen molar-refractivity contribution in [2.75, 3.05) is 0 Å². The molecule has 0 unspecified atom stereocenters. The second-order valence-corrected chi connectivity index (χ2v) is 9.15. The molecule has 0 aliphatic rings. The molecule has 31 heavy (non-hydrogen) atoms. The monoisotopic (exact) mass is 436 g/mol. The highest BCUT2D eigenvalue weighted by Gasteiger charge is 2.12. The number of pyridine rings is 2. The lowest BCUT2D eigenvalue weighted by Crippen LogP contribution is -1.93. The fourth-order valence-electron chi connectivity index (χ4n) is 3.55. The molecular formula is C27H20N2S2. The average molecular weight is 437 g/mol. The molecule has 0 spiro atoms. The number of thiophene rings is 2. The highest BCUT2D eigenvalue weighted by molar-refractivity contribution is 7.13. The zero-order chi connectivity index (χ0) is 21.0. The lowest BCUT2D eigenvalue weighted by molar-refractivity contribution is 1.25. The Bertz CT molecular complexity index is 1320. The molecule has 0 atom stereocenters. The first-order valence-corrected chi connectivity index (χ1v) is 11.8. The molecule has 0 saturated heterocycles. The highest BCUT2D eigenvalue weighted by Crippen LogP contribution is 2.33. The molecule has 0 saturated carbocycles. The van der Waals surface area contributed by atoms with Gasteiger partial charge in [0.15, 0.2) is 0 Å². The molecule has 5 rings (SSSR count). The number of rotatable bonds is 5. The average Bonchev–Trinajstić information content (AvgIpc) is 3.53. The lowest BCUT2D eigenvalue weighted by Gasteiger charge is -2.10. The van der Waals surface area contributed by atoms with Crippen molar-refractivity contribution in [1.29, 1.82) is 0 Å². The third-order valence-corrected chi connectivity index (χ3v) is 6.88. The molecule has 4 heterocycles. The van der Waals surface area contributed by atoms with Gasteiger partial charge in [0.05, 0.1) is 16.3 Å². The quantitative estimate of drug-likeness (QED) is 0.278. The Labute approximate surface area is 190 Å². The number of nitrogens with zero attached hydrogens (tertiary/aromatic N) is 2. The van der Waals surface area contributed by atoms with Gasteiger partial charge in [0.2, 0.25) is 0 Å². The normalized spacial score (nSPS) is 11.3. The van der Waals surface area contributed by atoms with E-state index in [-0.39, 0.29) is 0 Å². The second kappa shape index (κ2) is 8.80. The number of hydrogen-bond donors (Lipinski definition) is 0. The van der Waals surface area contributed by atoms with Crippen LogP contribution in [0.1, 0.15) is 16.7 Å². The Morgan fingerprint density at radius 2 is 1.39 bits per heavy atom. The molecule has 5 aromatic rings. The fraction of sp³-hybridized carbons (Fsp3) is 0.0370. The Hall–Kier alpha value is -3.34. The van der Waals surface area contributed by atoms with Gasteiger partial charge in [-0.3, -0.25) is 9.97 Å². The van der Waals surface area contributed by atoms with Crippen LogP contribution in [0.5, 0.6) is 0 Å². The molecule has 0 bridgehead atoms. The van der Waals surface area contributed by atoms with Crippen LogP contribution in [-0.2, 0) is 0 Å². The molecule has 2 nitrogen and oxygen atoms in total. The molecule has 4 aromatic heterocycles. The van der Waals surface area contributed by atoms with E-state index in [9.17, 15) is 0 Å². The molecule has 0 fully saturated rings. The zero-order valence-corrected chi connectivity index (χ0v) is 18.7. The van der Waals surface area contributed by atoms with Crippen molar-refractivity contribution >= 4 is 34.8 Å². The van der Waals surface area contributed by atoms with Gasteiger partial charge in [0.1, 0.15) is 0 Å². The van der Waals surface area contributed by atoms with Gasteiger partial charge in [-0.1, -0.05) is 54.6 Å². The van der Waals surface area contributed by atoms with E-state index in [0.29, 0.717) is 0 Å². The van der Waals surface area contributed by atoms with Crippen molar-refractivity contribution in [3.8, 4) is 32.3 Å². The Morgan fingerprint density at radius 3 is 2.10 bits per heavy atom. The summed E-state index contributed by atoms with van der Waals surface area (Å²) in [5, 5.41) is 4.18. The Balaban J connectivity index is 1.59. The molecule has 0 N–H and O–H groups in total. The maximum Gasteiger partial charge on any atom is 0.0831 e. The van der Waals surface area contributed by atoms with E-state index in [4.69, 9.17) is 9.97 Å². The molecule has 150 valence electrons. The van der Waals surface area contributed by atoms with E-state index >= 15 is 0 Å². The van der Waals surface area contributed by atoms with Gasteiger partial charge >= 0.3 is 0 Å². The Kier molecular flexibility index (Phi) is 5.57. The maximum absolute atomic E-state index is 4.87. The molecular weight excluding hydrogens is 416 g/mol. The molecule has 0 aliphatic heterocycles. The first kappa shape index (κ1) is 19.6. The Morgan fingerprint density at radius 1 is 0.677 bits per heavy atom. The summed E-state index contributed by atoms with van der Waals surface area (Å²) in [7, 11) is 0. The van der Waals surface area contributed by atoms with Crippen LogP contribution in [-0.4, -0.2) is 9.97 Å². The van der Waals surface area contributed by atoms with Crippen molar-refractivity contribution in [3.63, 3.8) is 0 Å². The fourth-order valence-corrected chi connectivity index (χ4v) is 5.05. The van der Waals surface area contributed by atoms with Gasteiger partial charge in [-0.15, -0.1) is 22.7 Å². The summed E-state index contributed by atoms with van der Waals surface area (Å²) in [6.45, 7) is 2.12. The molecule has 0 aliphatic carbocycles. The van der Waals surface area contributed by atoms with Crippen LogP contribution in [0, 0.1) is 6.92 Å². The smallest absolute Gasteiger partial charge is 0.0831 e. The van der Waals surface area contributed by atoms with Crippen molar-refractivity contribution in [1.82, 2.24) is 9.97 Å². The molecule has 4 heteroatoms. The predicted octanol–water partition coefficient (Wildman–Crippen LogP) is 8.08. The van der Waals surface area contributed by atoms with Gasteiger partial charge in [0, 0.05) is 34.0 Å². The van der Waals surface area contributed by atoms with Crippen LogP contribution in [0.2, 0.25) is 0 Å². The van der Waals surface area contributed by atoms with Gasteiger partial charge in [-0.25, -0.2) is 0 Å². The number of hydrogen-bond acceptors (Lipinski definition) is 4. The SMILES string of the molecule is Cc1cc(-c2ncc(-c3cccs3)cc2/C=C/c2ccccc2)cnc1-c1cccs1. The summed E-state index contributed by atoms with van der Waals surface area (Å²) in [5.74, 6) is 0. The maximum atomic E-state index is 4.87. The van der Waals surface area contributed by atoms with Crippen molar-refractivity contribution in [3.05, 3.63) is 107 Å². The summed E-state index contributed by atoms with van der Waals surface area (Å²) in [5.41, 5.74) is 7.55. The third-order valence-electron chi connectivity index (χ3n) is 5.08. The van der Waals surface area contributed by atoms with E-state index in [1.54, 1.807) is 22.7 Å². The minimum Gasteiger partial charge on any atom is -0.255 e. The first-order chi connectivity index (χ1) is 15.3. The second-order valence-electron chi connectivity index (χ2n) is 7.25. The van der Waals surface area contributed by atoms with E-state index in [1.165, 1.54) is 9.75 Å². The standard InChI is InChI=1S/C27H20N2S2/c1-19-15-23(18-28-26(19)25-10-6-14-31-25)27-21(12-11-20-7-3-2-4-8-20)16-22(17-29-27)24-9-5-13-30-24/h2-18H,1H3/b12-11+. The lowest BCUT2D eigenvalue weighted by atomic mass is 10.0. The van der Waals surface area contributed by atoms with Crippen LogP contribution < -0.4 is 0 Å². The van der Waals surface area contributed by atoms with Gasteiger partial charge in [-0.2, -0.15) is 0 Å². The number of benzene rings is 1. The van der Waals surface area contributed by atoms with Crippen molar-refractivity contribution in [2.45, 2.75) is 6.92 Å². The van der Waals surface area contributed by atoms with Crippen molar-refractivity contribution < 1.29 is 0 Å². The molecule has 0 radical (unpaired) electrons. The van der Waals surface area contributed by atoms with Crippen molar-refractivity contribution in [2.24, 2.45) is 0 Å². The first-order valence-electron chi connectivity index (χ1n) is 10.1. The van der Waals surface area contributed by atoms with Gasteiger partial charge in [0.25, 0.3) is 0 Å². The van der Waals surface area contributed by atoms with Crippen LogP contribution >= 0.6 is 22.7 Å². The van der Waals surface area contributed by atoms with Crippen LogP contribution in [0.4, 0.5) is 0 Å². The highest BCUT2D eigenvalue weighted by atomic mass is 32.1. The number of aromatic nitrogens is 2. The summed E-state index contributed by atoms with van der Waals surface area (Å²) >= 11 is 3.44. The summed E-state index contributed by atoms with van der Waals surface area (Å²) in [4.78, 5) is 12.1. The summed E-state index contributed by atoms with van der Waals surface area (Å²) < 4.78 is 0. The van der Waals surface area contributed by atoms with Crippen LogP contribution in [0.15, 0.2) is 89.9 Å². The van der Waals surface area contributed by atoms with Gasteiger partial charge in [-0.05, 0) is 53.1 Å². The minimum atomic E-state index is 0.945. The van der Waals surface area contributed by atoms with Crippen LogP contribution in [0.25, 0.3) is 44.4 Å². The number of aryl methyl sites for hydroxylation is 1. The summed E-state index contributed by atoms with van der Waals surface area (Å²) in [6.07, 6.45) is 8.19. The van der Waals surface area contributed by atoms with E-state index in [1.807, 2.05) is 18.5 Å².